The number of nitrogens with one attached hydrogen (secondary N) is 1. The summed E-state index contributed by atoms with van der Waals surface area (Å²) < 4.78 is 47.7. The second-order valence-corrected chi connectivity index (χ2v) is 7.85. The van der Waals surface area contributed by atoms with Crippen LogP contribution in [0, 0.1) is 5.82 Å². The molecule has 0 saturated carbocycles. The van der Waals surface area contributed by atoms with Gasteiger partial charge in [0.15, 0.2) is 0 Å². The van der Waals surface area contributed by atoms with Gasteiger partial charge in [-0.15, -0.1) is 0 Å². The Labute approximate surface area is 156 Å². The van der Waals surface area contributed by atoms with E-state index in [2.05, 4.69) is 14.6 Å². The number of hydrogen-bond donors (Lipinski definition) is 1. The lowest BCUT2D eigenvalue weighted by molar-refractivity contribution is 0.122. The third-order valence-electron chi connectivity index (χ3n) is 4.44. The molecule has 1 aromatic heterocycles. The molecule has 1 aliphatic rings. The number of rotatable bonds is 4. The number of fused-ring (bicyclic) bond motifs is 1. The Morgan fingerprint density at radius 2 is 1.89 bits per heavy atom. The van der Waals surface area contributed by atoms with Crippen LogP contribution in [0.3, 0.4) is 0 Å². The molecule has 2 heterocycles. The van der Waals surface area contributed by atoms with Gasteiger partial charge in [-0.05, 0) is 42.5 Å². The zero-order valence-electron chi connectivity index (χ0n) is 14.4. The van der Waals surface area contributed by atoms with Crippen molar-refractivity contribution in [3.63, 3.8) is 0 Å². The number of aromatic nitrogens is 1. The number of sulfonamides is 1. The number of hydrogen-bond acceptors (Lipinski definition) is 5. The summed E-state index contributed by atoms with van der Waals surface area (Å²) in [5.41, 5.74) is 1.40. The molecule has 0 unspecified atom stereocenters. The average molecular weight is 387 g/mol. The normalized spacial score (nSPS) is 15.1. The lowest BCUT2D eigenvalue weighted by Crippen LogP contribution is -2.36. The molecule has 0 radical (unpaired) electrons. The van der Waals surface area contributed by atoms with Gasteiger partial charge < -0.3 is 9.64 Å². The van der Waals surface area contributed by atoms with Crippen molar-refractivity contribution in [2.24, 2.45) is 0 Å². The highest BCUT2D eigenvalue weighted by atomic mass is 32.2. The molecular weight excluding hydrogens is 369 g/mol. The Hall–Kier alpha value is -2.71. The van der Waals surface area contributed by atoms with Gasteiger partial charge in [0, 0.05) is 30.4 Å². The average Bonchev–Trinajstić information content (AvgIpc) is 2.69. The van der Waals surface area contributed by atoms with Crippen molar-refractivity contribution < 1.29 is 17.5 Å². The smallest absolute Gasteiger partial charge is 0.262 e. The molecule has 2 aromatic carbocycles. The van der Waals surface area contributed by atoms with E-state index in [-0.39, 0.29) is 15.8 Å². The lowest BCUT2D eigenvalue weighted by atomic mass is 10.2. The number of pyridine rings is 1. The number of anilines is 2. The molecule has 3 aromatic rings. The quantitative estimate of drug-likeness (QED) is 0.745. The van der Waals surface area contributed by atoms with E-state index in [1.54, 1.807) is 30.3 Å². The first-order valence-electron chi connectivity index (χ1n) is 8.53. The molecule has 8 heteroatoms. The molecule has 0 bridgehead atoms. The SMILES string of the molecule is O=S(=O)(Nc1cccc(N2CCOCC2)c1)c1ccc(F)c2ncccc12. The van der Waals surface area contributed by atoms with Gasteiger partial charge in [-0.2, -0.15) is 0 Å². The highest BCUT2D eigenvalue weighted by Crippen LogP contribution is 2.27. The molecule has 1 N–H and O–H groups in total. The van der Waals surface area contributed by atoms with Gasteiger partial charge in [0.05, 0.1) is 23.8 Å². The first kappa shape index (κ1) is 17.7. The molecule has 0 spiro atoms. The number of benzene rings is 2. The summed E-state index contributed by atoms with van der Waals surface area (Å²) in [7, 11) is -3.90. The highest BCUT2D eigenvalue weighted by Gasteiger charge is 2.20. The minimum atomic E-state index is -3.90. The fraction of sp³-hybridized carbons (Fsp3) is 0.211. The van der Waals surface area contributed by atoms with Crippen molar-refractivity contribution in [1.29, 1.82) is 0 Å². The standard InChI is InChI=1S/C19H18FN3O3S/c20-17-6-7-18(16-5-2-8-21-19(16)17)27(24,25)22-14-3-1-4-15(13-14)23-9-11-26-12-10-23/h1-8,13,22H,9-12H2. The van der Waals surface area contributed by atoms with Crippen LogP contribution < -0.4 is 9.62 Å². The van der Waals surface area contributed by atoms with Crippen LogP contribution in [0.5, 0.6) is 0 Å². The van der Waals surface area contributed by atoms with E-state index in [1.807, 2.05) is 6.07 Å². The minimum Gasteiger partial charge on any atom is -0.378 e. The number of morpholine rings is 1. The maximum absolute atomic E-state index is 13.9. The number of nitrogens with zero attached hydrogens (tertiary/aromatic N) is 2. The van der Waals surface area contributed by atoms with E-state index >= 15 is 0 Å². The van der Waals surface area contributed by atoms with Crippen LogP contribution in [0.15, 0.2) is 59.6 Å². The molecule has 0 amide bonds. The molecule has 27 heavy (non-hydrogen) atoms. The van der Waals surface area contributed by atoms with Gasteiger partial charge in [-0.25, -0.2) is 12.8 Å². The minimum absolute atomic E-state index is 0.0104. The van der Waals surface area contributed by atoms with Crippen LogP contribution in [-0.4, -0.2) is 39.7 Å². The van der Waals surface area contributed by atoms with E-state index in [4.69, 9.17) is 4.74 Å². The second kappa shape index (κ2) is 7.13. The van der Waals surface area contributed by atoms with Crippen LogP contribution in [0.4, 0.5) is 15.8 Å². The van der Waals surface area contributed by atoms with Gasteiger partial charge in [0.2, 0.25) is 0 Å². The van der Waals surface area contributed by atoms with Crippen LogP contribution >= 0.6 is 0 Å². The summed E-state index contributed by atoms with van der Waals surface area (Å²) in [5, 5.41) is 0.245. The molecule has 6 nitrogen and oxygen atoms in total. The maximum Gasteiger partial charge on any atom is 0.262 e. The van der Waals surface area contributed by atoms with Crippen LogP contribution in [0.25, 0.3) is 10.9 Å². The fourth-order valence-corrected chi connectivity index (χ4v) is 4.39. The van der Waals surface area contributed by atoms with Crippen molar-refractivity contribution in [2.75, 3.05) is 35.9 Å². The summed E-state index contributed by atoms with van der Waals surface area (Å²) >= 11 is 0. The van der Waals surface area contributed by atoms with E-state index < -0.39 is 15.8 Å². The Bertz CT molecular complexity index is 1080. The van der Waals surface area contributed by atoms with Crippen LogP contribution in [0.2, 0.25) is 0 Å². The van der Waals surface area contributed by atoms with Gasteiger partial charge in [-0.3, -0.25) is 9.71 Å². The highest BCUT2D eigenvalue weighted by molar-refractivity contribution is 7.93. The van der Waals surface area contributed by atoms with E-state index in [0.29, 0.717) is 18.9 Å². The predicted molar refractivity (Wildman–Crippen MR) is 102 cm³/mol. The maximum atomic E-state index is 13.9. The Morgan fingerprint density at radius 3 is 2.70 bits per heavy atom. The molecule has 1 aliphatic heterocycles. The molecule has 4 rings (SSSR count). The first-order chi connectivity index (χ1) is 13.0. The van der Waals surface area contributed by atoms with Crippen LogP contribution in [-0.2, 0) is 14.8 Å². The molecule has 0 aliphatic carbocycles. The molecule has 1 fully saturated rings. The molecule has 1 saturated heterocycles. The summed E-state index contributed by atoms with van der Waals surface area (Å²) in [6.45, 7) is 2.80. The van der Waals surface area contributed by atoms with Crippen molar-refractivity contribution in [3.8, 4) is 0 Å². The molecule has 0 atom stereocenters. The summed E-state index contributed by atoms with van der Waals surface area (Å²) in [5.74, 6) is -0.557. The van der Waals surface area contributed by atoms with E-state index in [0.717, 1.165) is 24.8 Å². The van der Waals surface area contributed by atoms with Crippen molar-refractivity contribution in [3.05, 3.63) is 60.5 Å². The third-order valence-corrected chi connectivity index (χ3v) is 5.88. The summed E-state index contributed by atoms with van der Waals surface area (Å²) in [6.07, 6.45) is 1.43. The number of halogens is 1. The third kappa shape index (κ3) is 3.58. The van der Waals surface area contributed by atoms with Gasteiger partial charge in [-0.1, -0.05) is 6.07 Å². The van der Waals surface area contributed by atoms with Gasteiger partial charge in [0.25, 0.3) is 10.0 Å². The summed E-state index contributed by atoms with van der Waals surface area (Å²) in [6, 6.07) is 12.7. The Kier molecular flexibility index (Phi) is 4.67. The predicted octanol–water partition coefficient (Wildman–Crippen LogP) is 3.01. The zero-order chi connectivity index (χ0) is 18.9. The van der Waals surface area contributed by atoms with Crippen molar-refractivity contribution in [1.82, 2.24) is 4.98 Å². The Balaban J connectivity index is 1.67. The van der Waals surface area contributed by atoms with Gasteiger partial charge >= 0.3 is 0 Å². The molecular formula is C19H18FN3O3S. The molecule has 140 valence electrons. The van der Waals surface area contributed by atoms with E-state index in [1.165, 1.54) is 12.3 Å². The monoisotopic (exact) mass is 387 g/mol. The summed E-state index contributed by atoms with van der Waals surface area (Å²) in [4.78, 5) is 6.08. The largest absolute Gasteiger partial charge is 0.378 e. The Morgan fingerprint density at radius 1 is 1.07 bits per heavy atom. The second-order valence-electron chi connectivity index (χ2n) is 6.20. The first-order valence-corrected chi connectivity index (χ1v) is 10.0. The van der Waals surface area contributed by atoms with Gasteiger partial charge in [0.1, 0.15) is 11.3 Å². The van der Waals surface area contributed by atoms with E-state index in [9.17, 15) is 12.8 Å². The van der Waals surface area contributed by atoms with Crippen molar-refractivity contribution in [2.45, 2.75) is 4.90 Å². The fourth-order valence-electron chi connectivity index (χ4n) is 3.14. The lowest BCUT2D eigenvalue weighted by Gasteiger charge is -2.29. The van der Waals surface area contributed by atoms with Crippen LogP contribution in [0.1, 0.15) is 0 Å². The topological polar surface area (TPSA) is 71.5 Å². The number of ether oxygens (including phenoxy) is 1. The zero-order valence-corrected chi connectivity index (χ0v) is 15.2. The van der Waals surface area contributed by atoms with Crippen molar-refractivity contribution >= 4 is 32.3 Å².